The number of thiophene rings is 1. The Morgan fingerprint density at radius 2 is 1.85 bits per heavy atom. The molecule has 6 nitrogen and oxygen atoms in total. The number of fused-ring (bicyclic) bond motifs is 3. The Labute approximate surface area is 200 Å². The average Bonchev–Trinajstić information content (AvgIpc) is 3.34. The first kappa shape index (κ1) is 25.8. The summed E-state index contributed by atoms with van der Waals surface area (Å²) in [5.74, 6) is -2.32. The molecule has 34 heavy (non-hydrogen) atoms. The fraction of sp³-hybridized carbons (Fsp3) is 0.417. The normalized spacial score (nSPS) is 23.4. The Morgan fingerprint density at radius 3 is 2.38 bits per heavy atom. The number of piperidine rings is 3. The largest absolute Gasteiger partial charge is 0.542 e. The second kappa shape index (κ2) is 11.1. The molecule has 184 valence electrons. The van der Waals surface area contributed by atoms with Gasteiger partial charge in [0.25, 0.3) is 0 Å². The van der Waals surface area contributed by atoms with Crippen LogP contribution in [0.5, 0.6) is 0 Å². The quantitative estimate of drug-likeness (QED) is 0.441. The fourth-order valence-corrected chi connectivity index (χ4v) is 5.15. The lowest BCUT2D eigenvalue weighted by Gasteiger charge is -2.52. The second-order valence-electron chi connectivity index (χ2n) is 8.49. The number of carbonyl (C=O) groups is 2. The van der Waals surface area contributed by atoms with E-state index in [-0.39, 0.29) is 12.3 Å². The molecule has 3 aliphatic rings. The number of ether oxygens (including phenoxy) is 1. The van der Waals surface area contributed by atoms with E-state index in [1.54, 1.807) is 16.2 Å². The van der Waals surface area contributed by atoms with Crippen LogP contribution in [-0.4, -0.2) is 48.6 Å². The van der Waals surface area contributed by atoms with Crippen molar-refractivity contribution in [1.82, 2.24) is 0 Å². The minimum Gasteiger partial charge on any atom is -0.542 e. The third kappa shape index (κ3) is 6.38. The summed E-state index contributed by atoms with van der Waals surface area (Å²) < 4.78 is 38.6. The summed E-state index contributed by atoms with van der Waals surface area (Å²) in [4.78, 5) is 23.8. The lowest BCUT2D eigenvalue weighted by Crippen LogP contribution is -2.65. The van der Waals surface area contributed by atoms with Crippen molar-refractivity contribution < 1.29 is 37.1 Å². The highest BCUT2D eigenvalue weighted by atomic mass is 32.1. The van der Waals surface area contributed by atoms with Gasteiger partial charge in [0.15, 0.2) is 0 Å². The van der Waals surface area contributed by atoms with Crippen molar-refractivity contribution in [2.45, 2.75) is 38.2 Å². The molecular weight excluding hydrogens is 469 g/mol. The van der Waals surface area contributed by atoms with Crippen LogP contribution in [0.4, 0.5) is 23.7 Å². The molecule has 0 aliphatic carbocycles. The van der Waals surface area contributed by atoms with Crippen LogP contribution >= 0.6 is 11.3 Å². The molecule has 3 aliphatic heterocycles. The van der Waals surface area contributed by atoms with Crippen LogP contribution < -0.4 is 10.0 Å². The molecular formula is C24H27F3N2O4S. The van der Waals surface area contributed by atoms with Crippen LogP contribution in [0.1, 0.15) is 24.8 Å². The lowest BCUT2D eigenvalue weighted by atomic mass is 9.84. The fourth-order valence-electron chi connectivity index (χ4n) is 4.50. The molecule has 10 heteroatoms. The summed E-state index contributed by atoms with van der Waals surface area (Å²) in [5, 5.41) is 12.8. The van der Waals surface area contributed by atoms with E-state index < -0.39 is 12.1 Å². The van der Waals surface area contributed by atoms with Gasteiger partial charge >= 0.3 is 12.3 Å². The SMILES string of the molecule is C=CC[N+]12CCC(CC1)CC2OC(=O)N(Cc1ccccc1)c1ccsc1.O=C([O-])C(F)(F)F. The summed E-state index contributed by atoms with van der Waals surface area (Å²) in [6.07, 6.45) is -0.0632. The number of quaternary nitrogens is 1. The van der Waals surface area contributed by atoms with E-state index in [9.17, 15) is 18.0 Å². The molecule has 1 aromatic carbocycles. The summed E-state index contributed by atoms with van der Waals surface area (Å²) in [6.45, 7) is 7.52. The number of carboxylic acids is 1. The molecule has 0 radical (unpaired) electrons. The highest BCUT2D eigenvalue weighted by Crippen LogP contribution is 2.39. The van der Waals surface area contributed by atoms with E-state index in [1.807, 2.05) is 53.2 Å². The van der Waals surface area contributed by atoms with Gasteiger partial charge in [0, 0.05) is 24.6 Å². The highest BCUT2D eigenvalue weighted by molar-refractivity contribution is 7.08. The molecule has 4 heterocycles. The lowest BCUT2D eigenvalue weighted by molar-refractivity contribution is -0.979. The maximum atomic E-state index is 13.2. The number of hydrogen-bond donors (Lipinski definition) is 0. The number of aliphatic carboxylic acids is 1. The zero-order chi connectivity index (χ0) is 24.8. The molecule has 1 atom stereocenters. The number of benzene rings is 1. The van der Waals surface area contributed by atoms with Gasteiger partial charge in [0.2, 0.25) is 6.23 Å². The summed E-state index contributed by atoms with van der Waals surface area (Å²) >= 11 is 1.59. The van der Waals surface area contributed by atoms with Gasteiger partial charge in [-0.15, -0.1) is 0 Å². The number of rotatable bonds is 6. The number of halogens is 3. The average molecular weight is 497 g/mol. The van der Waals surface area contributed by atoms with Crippen molar-refractivity contribution >= 4 is 29.1 Å². The van der Waals surface area contributed by atoms with Crippen molar-refractivity contribution in [3.8, 4) is 0 Å². The van der Waals surface area contributed by atoms with E-state index in [0.29, 0.717) is 12.5 Å². The number of amides is 1. The van der Waals surface area contributed by atoms with Gasteiger partial charge in [-0.3, -0.25) is 9.38 Å². The number of anilines is 1. The molecule has 5 rings (SSSR count). The predicted molar refractivity (Wildman–Crippen MR) is 121 cm³/mol. The first-order valence-electron chi connectivity index (χ1n) is 10.9. The minimum absolute atomic E-state index is 0.0556. The summed E-state index contributed by atoms with van der Waals surface area (Å²) in [5.41, 5.74) is 2.00. The third-order valence-electron chi connectivity index (χ3n) is 6.29. The minimum atomic E-state index is -5.19. The van der Waals surface area contributed by atoms with Crippen LogP contribution in [0.3, 0.4) is 0 Å². The topological polar surface area (TPSA) is 69.7 Å². The van der Waals surface area contributed by atoms with Gasteiger partial charge in [0.1, 0.15) is 5.97 Å². The van der Waals surface area contributed by atoms with E-state index in [2.05, 4.69) is 6.58 Å². The number of carboxylic acid groups (broad SMARTS) is 1. The van der Waals surface area contributed by atoms with E-state index in [0.717, 1.165) is 41.8 Å². The van der Waals surface area contributed by atoms with Gasteiger partial charge in [-0.2, -0.15) is 24.5 Å². The predicted octanol–water partition coefficient (Wildman–Crippen LogP) is 4.33. The van der Waals surface area contributed by atoms with Crippen molar-refractivity contribution in [1.29, 1.82) is 0 Å². The van der Waals surface area contributed by atoms with Gasteiger partial charge in [0.05, 0.1) is 31.9 Å². The molecule has 0 saturated carbocycles. The van der Waals surface area contributed by atoms with Crippen LogP contribution in [-0.2, 0) is 16.1 Å². The standard InChI is InChI=1S/C22H27N2O2S.C2HF3O2/c1-2-11-24-12-8-18(9-13-24)15-21(24)26-22(25)23(20-10-14-27-17-20)16-19-6-4-3-5-7-19;3-2(4,5)1(6)7/h2-7,10,14,17-18,21H,1,8-9,11-13,15-16H2;(H,6,7)/q+1;/p-1. The molecule has 1 unspecified atom stereocenters. The molecule has 1 amide bonds. The molecule has 3 fully saturated rings. The Kier molecular flexibility index (Phi) is 8.37. The Balaban J connectivity index is 0.000000406. The van der Waals surface area contributed by atoms with Crippen LogP contribution in [0.2, 0.25) is 0 Å². The maximum absolute atomic E-state index is 13.2. The van der Waals surface area contributed by atoms with Crippen LogP contribution in [0, 0.1) is 5.92 Å². The first-order valence-corrected chi connectivity index (χ1v) is 11.9. The Hall–Kier alpha value is -2.85. The van der Waals surface area contributed by atoms with Gasteiger partial charge in [-0.25, -0.2) is 4.79 Å². The number of hydrogen-bond acceptors (Lipinski definition) is 5. The molecule has 1 aromatic heterocycles. The second-order valence-corrected chi connectivity index (χ2v) is 9.27. The summed E-state index contributed by atoms with van der Waals surface area (Å²) in [6, 6.07) is 12.1. The highest BCUT2D eigenvalue weighted by Gasteiger charge is 2.49. The Morgan fingerprint density at radius 1 is 1.21 bits per heavy atom. The summed E-state index contributed by atoms with van der Waals surface area (Å²) in [7, 11) is 0. The zero-order valence-corrected chi connectivity index (χ0v) is 19.4. The van der Waals surface area contributed by atoms with Crippen molar-refractivity contribution in [3.05, 3.63) is 65.4 Å². The number of nitrogens with zero attached hydrogens (tertiary/aromatic N) is 2. The zero-order valence-electron chi connectivity index (χ0n) is 18.6. The monoisotopic (exact) mass is 496 g/mol. The van der Waals surface area contributed by atoms with Crippen LogP contribution in [0.25, 0.3) is 0 Å². The molecule has 2 bridgehead atoms. The van der Waals surface area contributed by atoms with Crippen molar-refractivity contribution in [2.75, 3.05) is 24.5 Å². The molecule has 0 N–H and O–H groups in total. The molecule has 3 saturated heterocycles. The van der Waals surface area contributed by atoms with Crippen LogP contribution in [0.15, 0.2) is 59.8 Å². The molecule has 0 spiro atoms. The first-order chi connectivity index (χ1) is 16.1. The van der Waals surface area contributed by atoms with E-state index in [1.165, 1.54) is 12.8 Å². The van der Waals surface area contributed by atoms with Crippen molar-refractivity contribution in [3.63, 3.8) is 0 Å². The number of carbonyl (C=O) groups excluding carboxylic acids is 2. The van der Waals surface area contributed by atoms with E-state index in [4.69, 9.17) is 14.6 Å². The smallest absolute Gasteiger partial charge is 0.430 e. The molecule has 2 aromatic rings. The van der Waals surface area contributed by atoms with Gasteiger partial charge in [-0.05, 0) is 29.0 Å². The number of alkyl halides is 3. The Bertz CT molecular complexity index is 958. The van der Waals surface area contributed by atoms with Crippen molar-refractivity contribution in [2.24, 2.45) is 5.92 Å². The van der Waals surface area contributed by atoms with E-state index >= 15 is 0 Å². The van der Waals surface area contributed by atoms with Gasteiger partial charge < -0.3 is 14.6 Å². The maximum Gasteiger partial charge on any atom is 0.430 e. The third-order valence-corrected chi connectivity index (χ3v) is 6.96. The van der Waals surface area contributed by atoms with Gasteiger partial charge in [-0.1, -0.05) is 36.9 Å².